The zero-order valence-corrected chi connectivity index (χ0v) is 16.3. The van der Waals surface area contributed by atoms with Gasteiger partial charge in [-0.1, -0.05) is 30.5 Å². The van der Waals surface area contributed by atoms with Gasteiger partial charge in [0.25, 0.3) is 5.91 Å². The molecule has 7 nitrogen and oxygen atoms in total. The molecule has 0 bridgehead atoms. The molecule has 0 spiro atoms. The molecule has 144 valence electrons. The van der Waals surface area contributed by atoms with Crippen molar-refractivity contribution in [2.75, 3.05) is 0 Å². The first-order valence-corrected chi connectivity index (χ1v) is 10.3. The Bertz CT molecular complexity index is 762. The number of benzene rings is 1. The molecule has 1 aliphatic rings. The molecule has 2 atom stereocenters. The Morgan fingerprint density at radius 1 is 1.23 bits per heavy atom. The second-order valence-electron chi connectivity index (χ2n) is 6.37. The highest BCUT2D eigenvalue weighted by atomic mass is 35.5. The zero-order valence-electron chi connectivity index (χ0n) is 14.7. The van der Waals surface area contributed by atoms with Gasteiger partial charge < -0.3 is 10.1 Å². The molecule has 0 radical (unpaired) electrons. The smallest absolute Gasteiger partial charge is 0.324 e. The van der Waals surface area contributed by atoms with E-state index in [4.69, 9.17) is 16.3 Å². The van der Waals surface area contributed by atoms with Crippen LogP contribution in [0.1, 0.15) is 39.5 Å². The maximum atomic E-state index is 12.3. The minimum atomic E-state index is -3.94. The molecule has 1 aromatic rings. The Kier molecular flexibility index (Phi) is 7.02. The number of carbonyl (C=O) groups excluding carboxylic acids is 2. The second-order valence-corrected chi connectivity index (χ2v) is 8.52. The fraction of sp³-hybridized carbons (Fsp3) is 0.529. The highest BCUT2D eigenvalue weighted by Gasteiger charge is 2.27. The summed E-state index contributed by atoms with van der Waals surface area (Å²) in [5.74, 6) is -1.21. The summed E-state index contributed by atoms with van der Waals surface area (Å²) in [5.41, 5.74) is 0. The zero-order chi connectivity index (χ0) is 19.3. The lowest BCUT2D eigenvalue weighted by Crippen LogP contribution is -2.45. The minimum absolute atomic E-state index is 0.0586. The highest BCUT2D eigenvalue weighted by Crippen LogP contribution is 2.18. The van der Waals surface area contributed by atoms with Crippen LogP contribution in [0.4, 0.5) is 0 Å². The first-order valence-electron chi connectivity index (χ1n) is 8.48. The van der Waals surface area contributed by atoms with Crippen molar-refractivity contribution < 1.29 is 22.7 Å². The lowest BCUT2D eigenvalue weighted by molar-refractivity contribution is -0.156. The molecular formula is C17H23ClN2O5S. The van der Waals surface area contributed by atoms with Gasteiger partial charge in [0.05, 0.1) is 4.90 Å². The first-order chi connectivity index (χ1) is 12.2. The molecule has 0 aliphatic heterocycles. The average Bonchev–Trinajstić information content (AvgIpc) is 3.07. The van der Waals surface area contributed by atoms with E-state index in [1.807, 2.05) is 0 Å². The van der Waals surface area contributed by atoms with Crippen LogP contribution in [0, 0.1) is 0 Å². The molecule has 1 aromatic carbocycles. The summed E-state index contributed by atoms with van der Waals surface area (Å²) in [6.45, 7) is 2.81. The van der Waals surface area contributed by atoms with E-state index in [0.29, 0.717) is 0 Å². The number of sulfonamides is 1. The van der Waals surface area contributed by atoms with E-state index in [1.54, 1.807) is 6.07 Å². The molecule has 26 heavy (non-hydrogen) atoms. The van der Waals surface area contributed by atoms with Crippen molar-refractivity contribution in [1.29, 1.82) is 0 Å². The van der Waals surface area contributed by atoms with E-state index < -0.39 is 28.1 Å². The number of rotatable bonds is 7. The maximum Gasteiger partial charge on any atom is 0.324 e. The number of ether oxygens (including phenoxy) is 1. The lowest BCUT2D eigenvalue weighted by Gasteiger charge is -2.19. The summed E-state index contributed by atoms with van der Waals surface area (Å²) in [6.07, 6.45) is 2.98. The lowest BCUT2D eigenvalue weighted by atomic mass is 10.2. The summed E-state index contributed by atoms with van der Waals surface area (Å²) in [6, 6.07) is 4.64. The van der Waals surface area contributed by atoms with E-state index in [0.717, 1.165) is 25.7 Å². The molecule has 1 aliphatic carbocycles. The van der Waals surface area contributed by atoms with Gasteiger partial charge in [-0.25, -0.2) is 8.42 Å². The Morgan fingerprint density at radius 2 is 1.88 bits per heavy atom. The van der Waals surface area contributed by atoms with Crippen LogP contribution in [0.3, 0.4) is 0 Å². The van der Waals surface area contributed by atoms with Gasteiger partial charge in [-0.05, 0) is 44.9 Å². The SMILES string of the molecule is C[C@H](OC(=O)[C@@H](C)NS(=O)(=O)c1cccc(Cl)c1)C(=O)NC1CCCC1. The van der Waals surface area contributed by atoms with Crippen LogP contribution in [-0.2, 0) is 24.3 Å². The van der Waals surface area contributed by atoms with Gasteiger partial charge in [0.15, 0.2) is 6.10 Å². The van der Waals surface area contributed by atoms with Crippen LogP contribution in [-0.4, -0.2) is 38.5 Å². The van der Waals surface area contributed by atoms with Gasteiger partial charge in [0.2, 0.25) is 10.0 Å². The predicted molar refractivity (Wildman–Crippen MR) is 97.2 cm³/mol. The topological polar surface area (TPSA) is 102 Å². The molecule has 1 fully saturated rings. The number of hydrogen-bond donors (Lipinski definition) is 2. The van der Waals surface area contributed by atoms with Crippen molar-refractivity contribution in [3.8, 4) is 0 Å². The molecule has 9 heteroatoms. The van der Waals surface area contributed by atoms with Crippen molar-refractivity contribution >= 4 is 33.5 Å². The van der Waals surface area contributed by atoms with Crippen molar-refractivity contribution in [3.63, 3.8) is 0 Å². The van der Waals surface area contributed by atoms with Crippen LogP contribution in [0.25, 0.3) is 0 Å². The fourth-order valence-corrected chi connectivity index (χ4v) is 4.19. The summed E-state index contributed by atoms with van der Waals surface area (Å²) in [5, 5.41) is 3.10. The van der Waals surface area contributed by atoms with Crippen LogP contribution < -0.4 is 10.0 Å². The monoisotopic (exact) mass is 402 g/mol. The van der Waals surface area contributed by atoms with E-state index in [9.17, 15) is 18.0 Å². The first kappa shape index (κ1) is 20.7. The van der Waals surface area contributed by atoms with Crippen LogP contribution >= 0.6 is 11.6 Å². The van der Waals surface area contributed by atoms with Crippen LogP contribution in [0.5, 0.6) is 0 Å². The summed E-state index contributed by atoms with van der Waals surface area (Å²) >= 11 is 5.80. The van der Waals surface area contributed by atoms with Gasteiger partial charge in [0, 0.05) is 11.1 Å². The van der Waals surface area contributed by atoms with Crippen molar-refractivity contribution in [2.45, 2.75) is 62.6 Å². The predicted octanol–water partition coefficient (Wildman–Crippen LogP) is 2.00. The molecule has 1 amide bonds. The number of amides is 1. The second kappa shape index (κ2) is 8.83. The van der Waals surface area contributed by atoms with E-state index in [2.05, 4.69) is 10.0 Å². The van der Waals surface area contributed by atoms with E-state index in [1.165, 1.54) is 32.0 Å². The van der Waals surface area contributed by atoms with Crippen LogP contribution in [0.15, 0.2) is 29.2 Å². The largest absolute Gasteiger partial charge is 0.451 e. The minimum Gasteiger partial charge on any atom is -0.451 e. The fourth-order valence-electron chi connectivity index (χ4n) is 2.70. The maximum absolute atomic E-state index is 12.3. The number of hydrogen-bond acceptors (Lipinski definition) is 5. The molecule has 0 unspecified atom stereocenters. The third-order valence-corrected chi connectivity index (χ3v) is 5.93. The molecule has 2 N–H and O–H groups in total. The average molecular weight is 403 g/mol. The Morgan fingerprint density at radius 3 is 2.50 bits per heavy atom. The summed E-state index contributed by atoms with van der Waals surface area (Å²) in [7, 11) is -3.94. The van der Waals surface area contributed by atoms with Gasteiger partial charge in [-0.15, -0.1) is 0 Å². The van der Waals surface area contributed by atoms with E-state index >= 15 is 0 Å². The van der Waals surface area contributed by atoms with Gasteiger partial charge in [-0.2, -0.15) is 4.72 Å². The van der Waals surface area contributed by atoms with E-state index in [-0.39, 0.29) is 21.9 Å². The Labute approximate surface area is 158 Å². The molecule has 0 saturated heterocycles. The Balaban J connectivity index is 1.90. The number of halogens is 1. The molecule has 1 saturated carbocycles. The standard InChI is InChI=1S/C17H23ClN2O5S/c1-11(20-26(23,24)15-9-5-6-13(18)10-15)17(22)25-12(2)16(21)19-14-7-3-4-8-14/h5-6,9-12,14,20H,3-4,7-8H2,1-2H3,(H,19,21)/t11-,12+/m1/s1. The number of esters is 1. The van der Waals surface area contributed by atoms with Crippen LogP contribution in [0.2, 0.25) is 5.02 Å². The Hall–Kier alpha value is -1.64. The number of nitrogens with one attached hydrogen (secondary N) is 2. The molecular weight excluding hydrogens is 380 g/mol. The van der Waals surface area contributed by atoms with Gasteiger partial charge in [-0.3, -0.25) is 9.59 Å². The molecule has 0 heterocycles. The highest BCUT2D eigenvalue weighted by molar-refractivity contribution is 7.89. The third-order valence-electron chi connectivity index (χ3n) is 4.16. The van der Waals surface area contributed by atoms with Crippen molar-refractivity contribution in [2.24, 2.45) is 0 Å². The normalized spacial score (nSPS) is 17.5. The molecule has 0 aromatic heterocycles. The third kappa shape index (κ3) is 5.69. The summed E-state index contributed by atoms with van der Waals surface area (Å²) in [4.78, 5) is 24.1. The van der Waals surface area contributed by atoms with Crippen molar-refractivity contribution in [1.82, 2.24) is 10.0 Å². The summed E-state index contributed by atoms with van der Waals surface area (Å²) < 4.78 is 31.9. The quantitative estimate of drug-likeness (QED) is 0.679. The number of carbonyl (C=O) groups is 2. The van der Waals surface area contributed by atoms with Gasteiger partial charge >= 0.3 is 5.97 Å². The van der Waals surface area contributed by atoms with Crippen molar-refractivity contribution in [3.05, 3.63) is 29.3 Å². The molecule has 2 rings (SSSR count). The van der Waals surface area contributed by atoms with Gasteiger partial charge in [0.1, 0.15) is 6.04 Å².